The van der Waals surface area contributed by atoms with Crippen molar-refractivity contribution in [3.05, 3.63) is 63.3 Å². The summed E-state index contributed by atoms with van der Waals surface area (Å²) in [6, 6.07) is 11.4. The second kappa shape index (κ2) is 11.8. The Labute approximate surface area is 220 Å². The summed E-state index contributed by atoms with van der Waals surface area (Å²) in [5.74, 6) is -0.920. The van der Waals surface area contributed by atoms with Gasteiger partial charge >= 0.3 is 5.97 Å². The summed E-state index contributed by atoms with van der Waals surface area (Å²) in [5.41, 5.74) is 3.88. The van der Waals surface area contributed by atoms with Crippen molar-refractivity contribution in [2.45, 2.75) is 38.8 Å². The van der Waals surface area contributed by atoms with Crippen molar-refractivity contribution in [3.8, 4) is 5.75 Å². The predicted octanol–water partition coefficient (Wildman–Crippen LogP) is 5.86. The lowest BCUT2D eigenvalue weighted by atomic mass is 9.87. The smallest absolute Gasteiger partial charge is 0.307 e. The van der Waals surface area contributed by atoms with E-state index in [9.17, 15) is 14.3 Å². The van der Waals surface area contributed by atoms with E-state index in [4.69, 9.17) is 27.9 Å². The van der Waals surface area contributed by atoms with Crippen LogP contribution in [0, 0.1) is 5.92 Å². The fourth-order valence-electron chi connectivity index (χ4n) is 4.96. The molecule has 3 N–H and O–H groups in total. The van der Waals surface area contributed by atoms with Gasteiger partial charge in [0.2, 0.25) is 0 Å². The first-order valence-electron chi connectivity index (χ1n) is 12.3. The van der Waals surface area contributed by atoms with Crippen molar-refractivity contribution < 1.29 is 19.0 Å². The summed E-state index contributed by atoms with van der Waals surface area (Å²) < 4.78 is 18.3. The van der Waals surface area contributed by atoms with Crippen LogP contribution in [0.1, 0.15) is 43.1 Å². The molecule has 6 nitrogen and oxygen atoms in total. The molecular formula is C27H32Cl2FN3O3. The summed E-state index contributed by atoms with van der Waals surface area (Å²) >= 11 is 13.7. The van der Waals surface area contributed by atoms with E-state index in [1.54, 1.807) is 19.1 Å². The van der Waals surface area contributed by atoms with Crippen LogP contribution in [0.5, 0.6) is 5.75 Å². The summed E-state index contributed by atoms with van der Waals surface area (Å²) in [6.07, 6.45) is 1.24. The number of nitrogens with zero attached hydrogens (tertiary/aromatic N) is 1. The van der Waals surface area contributed by atoms with Gasteiger partial charge in [0.25, 0.3) is 0 Å². The number of halogens is 3. The highest BCUT2D eigenvalue weighted by atomic mass is 35.5. The van der Waals surface area contributed by atoms with Crippen LogP contribution in [-0.2, 0) is 11.2 Å². The minimum atomic E-state index is -0.849. The van der Waals surface area contributed by atoms with E-state index in [-0.39, 0.29) is 18.8 Å². The third-order valence-corrected chi connectivity index (χ3v) is 7.53. The fraction of sp³-hybridized carbons (Fsp3) is 0.444. The molecule has 0 amide bonds. The number of aromatic nitrogens is 1. The monoisotopic (exact) mass is 535 g/mol. The van der Waals surface area contributed by atoms with Gasteiger partial charge in [-0.2, -0.15) is 0 Å². The molecule has 2 heterocycles. The molecule has 1 aromatic heterocycles. The number of alkyl halides is 1. The third kappa shape index (κ3) is 5.49. The Balaban J connectivity index is 1.75. The van der Waals surface area contributed by atoms with E-state index in [2.05, 4.69) is 28.2 Å². The molecule has 0 radical (unpaired) electrons. The van der Waals surface area contributed by atoms with Gasteiger partial charge in [-0.25, -0.2) is 0 Å². The molecule has 1 aliphatic heterocycles. The largest absolute Gasteiger partial charge is 0.491 e. The first-order valence-corrected chi connectivity index (χ1v) is 13.0. The number of carboxylic acids is 1. The van der Waals surface area contributed by atoms with Crippen LogP contribution < -0.4 is 10.1 Å². The number of H-pyrrole nitrogens is 1. The van der Waals surface area contributed by atoms with Crippen LogP contribution in [0.25, 0.3) is 10.9 Å². The number of carboxylic acid groups (broad SMARTS) is 1. The fourth-order valence-corrected chi connectivity index (χ4v) is 5.59. The minimum absolute atomic E-state index is 0.0555. The second-order valence-electron chi connectivity index (χ2n) is 9.37. The number of nitrogens with one attached hydrogen (secondary N) is 2. The Hall–Kier alpha value is -2.32. The van der Waals surface area contributed by atoms with Crippen LogP contribution in [0.3, 0.4) is 0 Å². The van der Waals surface area contributed by atoms with Gasteiger partial charge in [-0.05, 0) is 50.1 Å². The molecule has 4 rings (SSSR count). The number of carbonyl (C=O) groups is 1. The Morgan fingerprint density at radius 1 is 1.28 bits per heavy atom. The number of para-hydroxylation sites is 1. The Morgan fingerprint density at radius 3 is 2.81 bits per heavy atom. The van der Waals surface area contributed by atoms with Crippen molar-refractivity contribution in [3.63, 3.8) is 0 Å². The predicted molar refractivity (Wildman–Crippen MR) is 142 cm³/mol. The van der Waals surface area contributed by atoms with E-state index < -0.39 is 11.9 Å². The van der Waals surface area contributed by atoms with Crippen LogP contribution >= 0.6 is 23.2 Å². The highest BCUT2D eigenvalue weighted by Gasteiger charge is 2.39. The normalized spacial score (nSPS) is 18.8. The van der Waals surface area contributed by atoms with Gasteiger partial charge in [-0.15, -0.1) is 0 Å². The van der Waals surface area contributed by atoms with E-state index in [0.29, 0.717) is 54.0 Å². The quantitative estimate of drug-likeness (QED) is 0.268. The highest BCUT2D eigenvalue weighted by molar-refractivity contribution is 6.37. The van der Waals surface area contributed by atoms with Crippen LogP contribution in [0.15, 0.2) is 36.4 Å². The number of aliphatic carboxylic acids is 1. The maximum atomic E-state index is 12.3. The van der Waals surface area contributed by atoms with Crippen molar-refractivity contribution in [2.24, 2.45) is 5.92 Å². The van der Waals surface area contributed by atoms with Crippen LogP contribution in [0.2, 0.25) is 10.0 Å². The number of hydrogen-bond acceptors (Lipinski definition) is 4. The molecule has 0 fully saturated rings. The molecule has 36 heavy (non-hydrogen) atoms. The molecule has 0 saturated heterocycles. The number of aromatic amines is 1. The van der Waals surface area contributed by atoms with Gasteiger partial charge in [0.1, 0.15) is 12.4 Å². The van der Waals surface area contributed by atoms with Crippen LogP contribution in [-0.4, -0.2) is 59.9 Å². The second-order valence-corrected chi connectivity index (χ2v) is 10.2. The molecule has 0 saturated carbocycles. The standard InChI is InChI=1S/C27H32Cl2FN3O3/c1-16(27(34)35)15-33-17(2)14-19-18-6-3-4-7-21(18)32-25(19)26(33)23-20(28)8-9-22(24(23)29)36-13-12-31-11-5-10-30/h3-4,6-9,16-17,26,31-32H,5,10-15H2,1-2H3,(H,34,35)/t16?,17-,26-/m1/s1. The number of ether oxygens (including phenoxy) is 1. The average Bonchev–Trinajstić information content (AvgIpc) is 3.22. The average molecular weight is 536 g/mol. The molecule has 0 bridgehead atoms. The summed E-state index contributed by atoms with van der Waals surface area (Å²) in [6.45, 7) is 5.32. The first kappa shape index (κ1) is 26.7. The Kier molecular flexibility index (Phi) is 8.78. The van der Waals surface area contributed by atoms with Crippen LogP contribution in [0.4, 0.5) is 4.39 Å². The molecule has 1 unspecified atom stereocenters. The van der Waals surface area contributed by atoms with Gasteiger partial charge in [0, 0.05) is 46.3 Å². The summed E-state index contributed by atoms with van der Waals surface area (Å²) in [7, 11) is 0. The number of benzene rings is 2. The van der Waals surface area contributed by atoms with Gasteiger partial charge < -0.3 is 20.1 Å². The molecule has 0 spiro atoms. The minimum Gasteiger partial charge on any atom is -0.491 e. The van der Waals surface area contributed by atoms with Crippen molar-refractivity contribution in [1.29, 1.82) is 0 Å². The molecule has 194 valence electrons. The van der Waals surface area contributed by atoms with Gasteiger partial charge in [-0.3, -0.25) is 14.1 Å². The van der Waals surface area contributed by atoms with Gasteiger partial charge in [0.15, 0.2) is 0 Å². The summed E-state index contributed by atoms with van der Waals surface area (Å²) in [4.78, 5) is 17.5. The van der Waals surface area contributed by atoms with Gasteiger partial charge in [-0.1, -0.05) is 48.3 Å². The third-order valence-electron chi connectivity index (χ3n) is 6.81. The Bertz CT molecular complexity index is 1220. The zero-order valence-electron chi connectivity index (χ0n) is 20.5. The molecule has 3 aromatic rings. The molecule has 3 atom stereocenters. The van der Waals surface area contributed by atoms with E-state index in [1.165, 1.54) is 5.56 Å². The van der Waals surface area contributed by atoms with E-state index >= 15 is 0 Å². The summed E-state index contributed by atoms with van der Waals surface area (Å²) in [5, 5.41) is 14.8. The molecule has 9 heteroatoms. The maximum Gasteiger partial charge on any atom is 0.307 e. The lowest BCUT2D eigenvalue weighted by Gasteiger charge is -2.42. The first-order chi connectivity index (χ1) is 17.3. The molecule has 2 aromatic carbocycles. The number of fused-ring (bicyclic) bond motifs is 3. The zero-order valence-corrected chi connectivity index (χ0v) is 22.0. The number of rotatable bonds is 11. The van der Waals surface area contributed by atoms with E-state index in [0.717, 1.165) is 23.0 Å². The molecular weight excluding hydrogens is 504 g/mol. The number of hydrogen-bond donors (Lipinski definition) is 3. The zero-order chi connectivity index (χ0) is 25.8. The molecule has 0 aliphatic carbocycles. The van der Waals surface area contributed by atoms with Crippen molar-refractivity contribution >= 4 is 40.1 Å². The van der Waals surface area contributed by atoms with E-state index in [1.807, 2.05) is 18.2 Å². The van der Waals surface area contributed by atoms with Gasteiger partial charge in [0.05, 0.1) is 23.7 Å². The van der Waals surface area contributed by atoms with Crippen molar-refractivity contribution in [1.82, 2.24) is 15.2 Å². The Morgan fingerprint density at radius 2 is 2.06 bits per heavy atom. The van der Waals surface area contributed by atoms with Crippen molar-refractivity contribution in [2.75, 3.05) is 32.9 Å². The SMILES string of the molecule is CC(CN1[C@H](c2c(Cl)ccc(OCCNCCCF)c2Cl)c2[nH]c3ccccc3c2C[C@H]1C)C(=O)O. The lowest BCUT2D eigenvalue weighted by Crippen LogP contribution is -2.46. The lowest BCUT2D eigenvalue weighted by molar-refractivity contribution is -0.142. The topological polar surface area (TPSA) is 77.6 Å². The highest BCUT2D eigenvalue weighted by Crippen LogP contribution is 2.47. The maximum absolute atomic E-state index is 12.3. The molecule has 1 aliphatic rings.